The van der Waals surface area contributed by atoms with Gasteiger partial charge in [0.15, 0.2) is 0 Å². The average Bonchev–Trinajstić information content (AvgIpc) is 3.41. The van der Waals surface area contributed by atoms with Gasteiger partial charge in [-0.15, -0.1) is 0 Å². The molecular weight excluding hydrogens is 490 g/mol. The fourth-order valence-electron chi connectivity index (χ4n) is 4.22. The molecule has 1 saturated heterocycles. The van der Waals surface area contributed by atoms with E-state index < -0.39 is 17.7 Å². The number of ether oxygens (including phenoxy) is 3. The van der Waals surface area contributed by atoms with E-state index in [0.29, 0.717) is 31.9 Å². The minimum absolute atomic E-state index is 0.0934. The Kier molecular flexibility index (Phi) is 10.2. The molecule has 0 N–H and O–H groups in total. The molecule has 10 heteroatoms. The summed E-state index contributed by atoms with van der Waals surface area (Å²) in [5.74, 6) is 0.281. The summed E-state index contributed by atoms with van der Waals surface area (Å²) in [6.45, 7) is 9.34. The fraction of sp³-hybridized carbons (Fsp3) is 0.536. The van der Waals surface area contributed by atoms with Gasteiger partial charge in [-0.25, -0.2) is 9.59 Å². The summed E-state index contributed by atoms with van der Waals surface area (Å²) < 4.78 is 22.3. The van der Waals surface area contributed by atoms with Gasteiger partial charge in [0.05, 0.1) is 18.9 Å². The van der Waals surface area contributed by atoms with Gasteiger partial charge >= 0.3 is 12.2 Å². The van der Waals surface area contributed by atoms with Crippen molar-refractivity contribution in [3.63, 3.8) is 0 Å². The summed E-state index contributed by atoms with van der Waals surface area (Å²) in [6, 6.07) is 12.6. The number of benzene rings is 1. The Labute approximate surface area is 224 Å². The van der Waals surface area contributed by atoms with Crippen LogP contribution in [0.15, 0.2) is 53.1 Å². The van der Waals surface area contributed by atoms with Gasteiger partial charge in [0.1, 0.15) is 24.6 Å². The molecule has 0 bridgehead atoms. The maximum Gasteiger partial charge on any atom is 0.410 e. The zero-order chi connectivity index (χ0) is 27.7. The van der Waals surface area contributed by atoms with Gasteiger partial charge in [0.2, 0.25) is 5.91 Å². The first-order valence-electron chi connectivity index (χ1n) is 12.9. The lowest BCUT2D eigenvalue weighted by Gasteiger charge is -2.34. The van der Waals surface area contributed by atoms with E-state index in [4.69, 9.17) is 18.6 Å². The fourth-order valence-corrected chi connectivity index (χ4v) is 4.22. The molecule has 0 radical (unpaired) electrons. The smallest absolute Gasteiger partial charge is 0.410 e. The van der Waals surface area contributed by atoms with E-state index in [2.05, 4.69) is 0 Å². The molecule has 0 spiro atoms. The number of nitrogens with zero attached hydrogens (tertiary/aromatic N) is 3. The standard InChI is InChI=1S/C28H39N3O7/c1-21(25(23-12-9-17-36-23)29(5)26(33)38-28(2,3)4)18-35-20-24(32)30-13-15-31(16-14-30)27(34)37-19-22-10-7-6-8-11-22/h6-12,17,21,25H,13-16,18-20H2,1-5H3/t21-,25+/m1/s1. The third-order valence-electron chi connectivity index (χ3n) is 6.17. The minimum atomic E-state index is -0.631. The van der Waals surface area contributed by atoms with Crippen molar-refractivity contribution < 1.29 is 33.0 Å². The lowest BCUT2D eigenvalue weighted by molar-refractivity contribution is -0.138. The largest absolute Gasteiger partial charge is 0.467 e. The SMILES string of the molecule is C[C@H](COCC(=O)N1CCN(C(=O)OCc2ccccc2)CC1)[C@@H](c1ccco1)N(C)C(=O)OC(C)(C)C. The molecule has 2 aromatic rings. The maximum atomic E-state index is 12.7. The van der Waals surface area contributed by atoms with Gasteiger partial charge < -0.3 is 33.3 Å². The van der Waals surface area contributed by atoms with E-state index in [1.807, 2.05) is 58.0 Å². The molecule has 0 aliphatic carbocycles. The zero-order valence-corrected chi connectivity index (χ0v) is 22.9. The van der Waals surface area contributed by atoms with Crippen molar-refractivity contribution in [2.45, 2.75) is 45.9 Å². The summed E-state index contributed by atoms with van der Waals surface area (Å²) in [7, 11) is 1.66. The van der Waals surface area contributed by atoms with Crippen molar-refractivity contribution in [3.8, 4) is 0 Å². The van der Waals surface area contributed by atoms with E-state index >= 15 is 0 Å². The molecule has 0 unspecified atom stereocenters. The van der Waals surface area contributed by atoms with Gasteiger partial charge in [-0.3, -0.25) is 4.79 Å². The molecule has 2 heterocycles. The third kappa shape index (κ3) is 8.51. The first-order chi connectivity index (χ1) is 18.0. The van der Waals surface area contributed by atoms with Crippen molar-refractivity contribution >= 4 is 18.1 Å². The molecule has 1 aliphatic rings. The van der Waals surface area contributed by atoms with Crippen LogP contribution >= 0.6 is 0 Å². The molecule has 3 rings (SSSR count). The van der Waals surface area contributed by atoms with Crippen molar-refractivity contribution in [3.05, 3.63) is 60.1 Å². The molecule has 208 valence electrons. The highest BCUT2D eigenvalue weighted by Gasteiger charge is 2.33. The number of furan rings is 1. The van der Waals surface area contributed by atoms with Crippen LogP contribution in [0.3, 0.4) is 0 Å². The molecule has 38 heavy (non-hydrogen) atoms. The number of rotatable bonds is 9. The normalized spacial score (nSPS) is 15.5. The molecule has 2 atom stereocenters. The van der Waals surface area contributed by atoms with Gasteiger partial charge in [-0.2, -0.15) is 0 Å². The van der Waals surface area contributed by atoms with Crippen molar-refractivity contribution in [2.75, 3.05) is 46.4 Å². The van der Waals surface area contributed by atoms with E-state index in [1.54, 1.807) is 35.2 Å². The number of carbonyl (C=O) groups excluding carboxylic acids is 3. The summed E-state index contributed by atoms with van der Waals surface area (Å²) in [5.41, 5.74) is 0.293. The summed E-state index contributed by atoms with van der Waals surface area (Å²) in [5, 5.41) is 0. The Morgan fingerprint density at radius 3 is 2.26 bits per heavy atom. The second-order valence-electron chi connectivity index (χ2n) is 10.5. The summed E-state index contributed by atoms with van der Waals surface area (Å²) >= 11 is 0. The van der Waals surface area contributed by atoms with Gasteiger partial charge in [0, 0.05) is 39.1 Å². The quantitative estimate of drug-likeness (QED) is 0.477. The predicted octanol–water partition coefficient (Wildman–Crippen LogP) is 4.32. The van der Waals surface area contributed by atoms with Crippen LogP contribution < -0.4 is 0 Å². The van der Waals surface area contributed by atoms with Crippen molar-refractivity contribution in [1.82, 2.24) is 14.7 Å². The first kappa shape index (κ1) is 29.0. The average molecular weight is 530 g/mol. The van der Waals surface area contributed by atoms with Gasteiger partial charge in [0.25, 0.3) is 0 Å². The van der Waals surface area contributed by atoms with E-state index in [1.165, 1.54) is 4.90 Å². The highest BCUT2D eigenvalue weighted by atomic mass is 16.6. The Hall–Kier alpha value is -3.53. The van der Waals surface area contributed by atoms with Crippen LogP contribution in [0, 0.1) is 5.92 Å². The van der Waals surface area contributed by atoms with E-state index in [0.717, 1.165) is 5.56 Å². The third-order valence-corrected chi connectivity index (χ3v) is 6.17. The number of hydrogen-bond acceptors (Lipinski definition) is 7. The minimum Gasteiger partial charge on any atom is -0.467 e. The molecular formula is C28H39N3O7. The van der Waals surface area contributed by atoms with Crippen LogP contribution in [0.25, 0.3) is 0 Å². The Bertz CT molecular complexity index is 1030. The Morgan fingerprint density at radius 1 is 1.00 bits per heavy atom. The molecule has 1 aliphatic heterocycles. The van der Waals surface area contributed by atoms with Crippen molar-refractivity contribution in [1.29, 1.82) is 0 Å². The maximum absolute atomic E-state index is 12.7. The van der Waals surface area contributed by atoms with Crippen LogP contribution in [0.2, 0.25) is 0 Å². The summed E-state index contributed by atoms with van der Waals surface area (Å²) in [6.07, 6.45) is 0.700. The van der Waals surface area contributed by atoms with Crippen LogP contribution in [0.4, 0.5) is 9.59 Å². The molecule has 1 aromatic carbocycles. The molecule has 10 nitrogen and oxygen atoms in total. The Balaban J connectivity index is 1.44. The first-order valence-corrected chi connectivity index (χ1v) is 12.9. The Morgan fingerprint density at radius 2 is 1.66 bits per heavy atom. The summed E-state index contributed by atoms with van der Waals surface area (Å²) in [4.78, 5) is 42.6. The van der Waals surface area contributed by atoms with Crippen LogP contribution in [-0.4, -0.2) is 84.8 Å². The topological polar surface area (TPSA) is 102 Å². The van der Waals surface area contributed by atoms with Crippen LogP contribution in [0.1, 0.15) is 45.1 Å². The monoisotopic (exact) mass is 529 g/mol. The van der Waals surface area contributed by atoms with Gasteiger partial charge in [-0.05, 0) is 38.5 Å². The number of amides is 3. The second kappa shape index (κ2) is 13.3. The van der Waals surface area contributed by atoms with E-state index in [9.17, 15) is 14.4 Å². The molecule has 0 saturated carbocycles. The predicted molar refractivity (Wildman–Crippen MR) is 140 cm³/mol. The highest BCUT2D eigenvalue weighted by molar-refractivity contribution is 5.78. The molecule has 3 amide bonds. The number of piperazine rings is 1. The second-order valence-corrected chi connectivity index (χ2v) is 10.5. The van der Waals surface area contributed by atoms with E-state index in [-0.39, 0.29) is 37.7 Å². The highest BCUT2D eigenvalue weighted by Crippen LogP contribution is 2.30. The lowest BCUT2D eigenvalue weighted by Crippen LogP contribution is -2.51. The number of hydrogen-bond donors (Lipinski definition) is 0. The number of carbonyl (C=O) groups is 3. The lowest BCUT2D eigenvalue weighted by atomic mass is 9.99. The molecule has 1 aromatic heterocycles. The van der Waals surface area contributed by atoms with Crippen molar-refractivity contribution in [2.24, 2.45) is 5.92 Å². The van der Waals surface area contributed by atoms with Gasteiger partial charge in [-0.1, -0.05) is 37.3 Å². The zero-order valence-electron chi connectivity index (χ0n) is 22.9. The molecule has 1 fully saturated rings. The van der Waals surface area contributed by atoms with Crippen LogP contribution in [-0.2, 0) is 25.6 Å². The van der Waals surface area contributed by atoms with Crippen LogP contribution in [0.5, 0.6) is 0 Å².